The molecule has 1 heterocycles. The first-order chi connectivity index (χ1) is 13.3. The van der Waals surface area contributed by atoms with E-state index >= 15 is 0 Å². The Labute approximate surface area is 169 Å². The van der Waals surface area contributed by atoms with Gasteiger partial charge in [0.2, 0.25) is 0 Å². The normalized spacial score (nSPS) is 15.1. The zero-order valence-corrected chi connectivity index (χ0v) is 16.5. The summed E-state index contributed by atoms with van der Waals surface area (Å²) >= 11 is 3.31. The molecule has 0 aliphatic carbocycles. The number of carbonyl (C=O) groups is 3. The Morgan fingerprint density at radius 1 is 1.21 bits per heavy atom. The molecule has 0 atom stereocenters. The number of aryl methyl sites for hydroxylation is 1. The molecule has 8 heteroatoms. The van der Waals surface area contributed by atoms with Gasteiger partial charge in [-0.15, -0.1) is 0 Å². The first-order valence-electron chi connectivity index (χ1n) is 8.38. The number of benzene rings is 2. The molecule has 0 bridgehead atoms. The molecule has 0 spiro atoms. The number of aliphatic carboxylic acids is 1. The Hall–Kier alpha value is -3.13. The Bertz CT molecular complexity index is 969. The van der Waals surface area contributed by atoms with Crippen molar-refractivity contribution in [3.8, 4) is 5.75 Å². The fourth-order valence-electron chi connectivity index (χ4n) is 2.62. The molecule has 3 amide bonds. The van der Waals surface area contributed by atoms with E-state index in [1.165, 1.54) is 0 Å². The summed E-state index contributed by atoms with van der Waals surface area (Å²) < 4.78 is 5.68. The van der Waals surface area contributed by atoms with Crippen molar-refractivity contribution in [3.63, 3.8) is 0 Å². The average Bonchev–Trinajstić information content (AvgIpc) is 2.90. The van der Waals surface area contributed by atoms with Gasteiger partial charge in [0.1, 0.15) is 11.4 Å². The minimum Gasteiger partial charge on any atom is -0.481 e. The van der Waals surface area contributed by atoms with Crippen molar-refractivity contribution in [1.29, 1.82) is 0 Å². The van der Waals surface area contributed by atoms with Gasteiger partial charge in [-0.1, -0.05) is 35.9 Å². The van der Waals surface area contributed by atoms with Gasteiger partial charge in [0, 0.05) is 0 Å². The Kier molecular flexibility index (Phi) is 5.79. The van der Waals surface area contributed by atoms with Gasteiger partial charge in [-0.05, 0) is 52.2 Å². The van der Waals surface area contributed by atoms with Crippen molar-refractivity contribution in [3.05, 3.63) is 69.3 Å². The molecule has 0 aromatic heterocycles. The smallest absolute Gasteiger partial charge is 0.341 e. The highest BCUT2D eigenvalue weighted by atomic mass is 79.9. The maximum absolute atomic E-state index is 12.6. The van der Waals surface area contributed by atoms with Crippen molar-refractivity contribution >= 4 is 39.9 Å². The molecule has 7 nitrogen and oxygen atoms in total. The lowest BCUT2D eigenvalue weighted by Gasteiger charge is -2.11. The first-order valence-corrected chi connectivity index (χ1v) is 9.17. The highest BCUT2D eigenvalue weighted by molar-refractivity contribution is 9.10. The second-order valence-corrected chi connectivity index (χ2v) is 7.09. The van der Waals surface area contributed by atoms with Crippen LogP contribution in [-0.2, 0) is 16.1 Å². The molecule has 1 fully saturated rings. The fraction of sp³-hybridized carbons (Fsp3) is 0.150. The lowest BCUT2D eigenvalue weighted by Crippen LogP contribution is -2.30. The third-order valence-corrected chi connectivity index (χ3v) is 4.66. The molecule has 2 aromatic rings. The van der Waals surface area contributed by atoms with Gasteiger partial charge in [0.05, 0.1) is 11.0 Å². The maximum Gasteiger partial charge on any atom is 0.341 e. The van der Waals surface area contributed by atoms with Crippen LogP contribution in [0.5, 0.6) is 5.75 Å². The van der Waals surface area contributed by atoms with E-state index in [0.29, 0.717) is 15.8 Å². The molecule has 1 saturated heterocycles. The number of hydrogen-bond acceptors (Lipinski definition) is 4. The van der Waals surface area contributed by atoms with Crippen molar-refractivity contribution in [1.82, 2.24) is 10.2 Å². The molecule has 28 heavy (non-hydrogen) atoms. The van der Waals surface area contributed by atoms with Crippen molar-refractivity contribution in [2.45, 2.75) is 13.5 Å². The second kappa shape index (κ2) is 8.26. The number of hydrogen-bond donors (Lipinski definition) is 2. The molecule has 144 valence electrons. The highest BCUT2D eigenvalue weighted by Gasteiger charge is 2.33. The van der Waals surface area contributed by atoms with Crippen molar-refractivity contribution in [2.75, 3.05) is 6.61 Å². The van der Waals surface area contributed by atoms with Crippen LogP contribution in [0.25, 0.3) is 6.08 Å². The number of urea groups is 1. The first kappa shape index (κ1) is 19.6. The van der Waals surface area contributed by atoms with Crippen LogP contribution in [0.1, 0.15) is 16.7 Å². The van der Waals surface area contributed by atoms with E-state index in [0.717, 1.165) is 16.0 Å². The Balaban J connectivity index is 1.75. The summed E-state index contributed by atoms with van der Waals surface area (Å²) in [6.45, 7) is 1.70. The van der Waals surface area contributed by atoms with Gasteiger partial charge in [-0.2, -0.15) is 0 Å². The monoisotopic (exact) mass is 444 g/mol. The van der Waals surface area contributed by atoms with E-state index in [9.17, 15) is 14.4 Å². The van der Waals surface area contributed by atoms with Crippen LogP contribution in [-0.4, -0.2) is 34.5 Å². The van der Waals surface area contributed by atoms with Crippen LogP contribution < -0.4 is 10.1 Å². The lowest BCUT2D eigenvalue weighted by atomic mass is 10.1. The molecule has 3 rings (SSSR count). The molecule has 0 unspecified atom stereocenters. The van der Waals surface area contributed by atoms with Crippen LogP contribution in [0.3, 0.4) is 0 Å². The largest absolute Gasteiger partial charge is 0.481 e. The molecule has 2 N–H and O–H groups in total. The summed E-state index contributed by atoms with van der Waals surface area (Å²) in [6, 6.07) is 12.1. The number of carboxylic acid groups (broad SMARTS) is 1. The molecule has 0 saturated carbocycles. The number of rotatable bonds is 6. The number of halogens is 1. The summed E-state index contributed by atoms with van der Waals surface area (Å²) in [4.78, 5) is 36.5. The van der Waals surface area contributed by atoms with Gasteiger partial charge in [-0.25, -0.2) is 9.59 Å². The average molecular weight is 445 g/mol. The summed E-state index contributed by atoms with van der Waals surface area (Å²) in [7, 11) is 0. The highest BCUT2D eigenvalue weighted by Crippen LogP contribution is 2.27. The third-order valence-electron chi connectivity index (χ3n) is 4.04. The molecule has 2 aromatic carbocycles. The summed E-state index contributed by atoms with van der Waals surface area (Å²) in [5.41, 5.74) is 2.78. The van der Waals surface area contributed by atoms with Crippen LogP contribution in [0.2, 0.25) is 0 Å². The van der Waals surface area contributed by atoms with Gasteiger partial charge in [-0.3, -0.25) is 9.69 Å². The number of ether oxygens (including phenoxy) is 1. The van der Waals surface area contributed by atoms with E-state index in [-0.39, 0.29) is 12.2 Å². The Morgan fingerprint density at radius 2 is 1.93 bits per heavy atom. The van der Waals surface area contributed by atoms with Gasteiger partial charge >= 0.3 is 12.0 Å². The van der Waals surface area contributed by atoms with E-state index < -0.39 is 24.5 Å². The maximum atomic E-state index is 12.6. The van der Waals surface area contributed by atoms with Gasteiger partial charge in [0.25, 0.3) is 5.91 Å². The number of nitrogens with one attached hydrogen (secondary N) is 1. The zero-order valence-electron chi connectivity index (χ0n) is 14.9. The van der Waals surface area contributed by atoms with Crippen LogP contribution in [0.15, 0.2) is 52.6 Å². The number of nitrogens with zero attached hydrogens (tertiary/aromatic N) is 1. The third kappa shape index (κ3) is 4.58. The molecular weight excluding hydrogens is 428 g/mol. The standard InChI is InChI=1S/C20H17BrN2O5/c1-12-2-4-13(5-3-12)10-23-19(26)16(22-20(23)27)9-14-6-7-17(15(21)8-14)28-11-18(24)25/h2-9H,10-11H2,1H3,(H,22,27)(H,24,25)/b16-9+. The Morgan fingerprint density at radius 3 is 2.57 bits per heavy atom. The molecule has 0 radical (unpaired) electrons. The minimum atomic E-state index is -1.08. The number of carboxylic acids is 1. The summed E-state index contributed by atoms with van der Waals surface area (Å²) in [5, 5.41) is 11.3. The van der Waals surface area contributed by atoms with Crippen LogP contribution in [0.4, 0.5) is 4.79 Å². The van der Waals surface area contributed by atoms with E-state index in [1.54, 1.807) is 24.3 Å². The van der Waals surface area contributed by atoms with E-state index in [4.69, 9.17) is 9.84 Å². The number of amides is 3. The van der Waals surface area contributed by atoms with Crippen LogP contribution in [0, 0.1) is 6.92 Å². The predicted octanol–water partition coefficient (Wildman–Crippen LogP) is 3.31. The second-order valence-electron chi connectivity index (χ2n) is 6.24. The topological polar surface area (TPSA) is 95.9 Å². The SMILES string of the molecule is Cc1ccc(CN2C(=O)N/C(=C/c3ccc(OCC(=O)O)c(Br)c3)C2=O)cc1. The number of imide groups is 1. The van der Waals surface area contributed by atoms with Gasteiger partial charge < -0.3 is 15.2 Å². The van der Waals surface area contributed by atoms with E-state index in [2.05, 4.69) is 21.2 Å². The van der Waals surface area contributed by atoms with Crippen LogP contribution >= 0.6 is 15.9 Å². The molecule has 1 aliphatic rings. The van der Waals surface area contributed by atoms with Gasteiger partial charge in [0.15, 0.2) is 6.61 Å². The minimum absolute atomic E-state index is 0.170. The number of carbonyl (C=O) groups excluding carboxylic acids is 2. The predicted molar refractivity (Wildman–Crippen MR) is 106 cm³/mol. The van der Waals surface area contributed by atoms with Crippen molar-refractivity contribution in [2.24, 2.45) is 0 Å². The summed E-state index contributed by atoms with van der Waals surface area (Å²) in [6.07, 6.45) is 1.56. The molecule has 1 aliphatic heterocycles. The fourth-order valence-corrected chi connectivity index (χ4v) is 3.13. The van der Waals surface area contributed by atoms with E-state index in [1.807, 2.05) is 31.2 Å². The summed E-state index contributed by atoms with van der Waals surface area (Å²) in [5.74, 6) is -1.12. The quantitative estimate of drug-likeness (QED) is 0.526. The molecular formula is C20H17BrN2O5. The zero-order chi connectivity index (χ0) is 20.3. The lowest BCUT2D eigenvalue weighted by molar-refractivity contribution is -0.139. The van der Waals surface area contributed by atoms with Crippen molar-refractivity contribution < 1.29 is 24.2 Å².